The zero-order valence-electron chi connectivity index (χ0n) is 11.0. The highest BCUT2D eigenvalue weighted by molar-refractivity contribution is 6.30. The number of rotatable bonds is 2. The summed E-state index contributed by atoms with van der Waals surface area (Å²) in [6.45, 7) is -0.588. The number of aliphatic hydroxyl groups excluding tert-OH is 1. The first-order valence-electron chi connectivity index (χ1n) is 5.94. The standard InChI is InChI=1S/C13H10ClF2N3O3/c14-2-1-7-5-19(13(21)18-11(7)17)12-9(4-16)8(3-15)10(6-20)22-12/h3-5,10,12,20H,6H2,(H2,17,18,21)/b8-3+,9-4+. The van der Waals surface area contributed by atoms with Gasteiger partial charge in [-0.25, -0.2) is 13.6 Å². The van der Waals surface area contributed by atoms with Gasteiger partial charge in [0.15, 0.2) is 6.23 Å². The van der Waals surface area contributed by atoms with Crippen LogP contribution in [0.15, 0.2) is 34.8 Å². The largest absolute Gasteiger partial charge is 0.393 e. The molecule has 0 bridgehead atoms. The minimum atomic E-state index is -1.30. The molecule has 0 aromatic carbocycles. The van der Waals surface area contributed by atoms with Crippen LogP contribution in [0.1, 0.15) is 11.8 Å². The molecule has 2 rings (SSSR count). The van der Waals surface area contributed by atoms with E-state index in [1.54, 1.807) is 0 Å². The van der Waals surface area contributed by atoms with E-state index >= 15 is 0 Å². The molecule has 6 nitrogen and oxygen atoms in total. The minimum absolute atomic E-state index is 0.0986. The molecule has 0 aliphatic carbocycles. The van der Waals surface area contributed by atoms with Crippen LogP contribution in [-0.4, -0.2) is 27.4 Å². The van der Waals surface area contributed by atoms with Crippen LogP contribution in [-0.2, 0) is 4.74 Å². The summed E-state index contributed by atoms with van der Waals surface area (Å²) in [5.74, 6) is 2.26. The van der Waals surface area contributed by atoms with E-state index in [0.29, 0.717) is 0 Å². The third kappa shape index (κ3) is 2.74. The van der Waals surface area contributed by atoms with Gasteiger partial charge in [-0.15, -0.1) is 0 Å². The highest BCUT2D eigenvalue weighted by Crippen LogP contribution is 2.38. The van der Waals surface area contributed by atoms with Gasteiger partial charge in [0.05, 0.1) is 24.8 Å². The molecule has 1 saturated heterocycles. The summed E-state index contributed by atoms with van der Waals surface area (Å²) < 4.78 is 32.2. The first-order valence-corrected chi connectivity index (χ1v) is 6.32. The van der Waals surface area contributed by atoms with Crippen LogP contribution < -0.4 is 11.4 Å². The number of aromatic nitrogens is 2. The van der Waals surface area contributed by atoms with E-state index in [2.05, 4.69) is 16.3 Å². The lowest BCUT2D eigenvalue weighted by molar-refractivity contribution is -0.00861. The van der Waals surface area contributed by atoms with Crippen molar-refractivity contribution in [3.8, 4) is 11.3 Å². The van der Waals surface area contributed by atoms with Gasteiger partial charge in [-0.05, 0) is 17.5 Å². The Morgan fingerprint density at radius 2 is 2.18 bits per heavy atom. The molecule has 2 atom stereocenters. The number of anilines is 1. The maximum atomic E-state index is 13.1. The van der Waals surface area contributed by atoms with Gasteiger partial charge >= 0.3 is 5.69 Å². The summed E-state index contributed by atoms with van der Waals surface area (Å²) >= 11 is 5.28. The Morgan fingerprint density at radius 3 is 2.73 bits per heavy atom. The highest BCUT2D eigenvalue weighted by Gasteiger charge is 2.37. The monoisotopic (exact) mass is 329 g/mol. The number of nitrogens with two attached hydrogens (primary N) is 1. The third-order valence-corrected chi connectivity index (χ3v) is 3.15. The molecular formula is C13H10ClF2N3O3. The molecule has 0 saturated carbocycles. The molecule has 2 heterocycles. The molecule has 0 radical (unpaired) electrons. The average molecular weight is 330 g/mol. The van der Waals surface area contributed by atoms with Gasteiger partial charge in [0.2, 0.25) is 0 Å². The number of halogens is 3. The van der Waals surface area contributed by atoms with Crippen LogP contribution in [0.5, 0.6) is 0 Å². The Bertz CT molecular complexity index is 764. The SMILES string of the molecule is Nc1nc(=O)n(C2OC(CO)C(=C/F)/C2=C\F)cc1C#CCl. The fourth-order valence-corrected chi connectivity index (χ4v) is 2.14. The molecule has 0 amide bonds. The maximum absolute atomic E-state index is 13.1. The second-order valence-corrected chi connectivity index (χ2v) is 4.43. The van der Waals surface area contributed by atoms with Gasteiger partial charge in [-0.3, -0.25) is 4.57 Å². The molecule has 3 N–H and O–H groups in total. The topological polar surface area (TPSA) is 90.4 Å². The Morgan fingerprint density at radius 1 is 1.50 bits per heavy atom. The fraction of sp³-hybridized carbons (Fsp3) is 0.231. The average Bonchev–Trinajstić information content (AvgIpc) is 2.87. The summed E-state index contributed by atoms with van der Waals surface area (Å²) in [5.41, 5.74) is 4.34. The van der Waals surface area contributed by atoms with Gasteiger partial charge < -0.3 is 15.6 Å². The van der Waals surface area contributed by atoms with Gasteiger partial charge in [-0.2, -0.15) is 4.98 Å². The number of ether oxygens (including phenoxy) is 1. The third-order valence-electron chi connectivity index (χ3n) is 3.06. The number of nitrogen functional groups attached to an aromatic ring is 1. The van der Waals surface area contributed by atoms with Gasteiger partial charge in [-0.1, -0.05) is 0 Å². The summed E-state index contributed by atoms with van der Waals surface area (Å²) in [7, 11) is 0. The molecule has 1 fully saturated rings. The van der Waals surface area contributed by atoms with Crippen LogP contribution in [0.2, 0.25) is 0 Å². The van der Waals surface area contributed by atoms with E-state index in [1.807, 2.05) is 0 Å². The molecule has 1 aromatic heterocycles. The van der Waals surface area contributed by atoms with Gasteiger partial charge in [0.1, 0.15) is 11.9 Å². The van der Waals surface area contributed by atoms with E-state index in [4.69, 9.17) is 27.2 Å². The van der Waals surface area contributed by atoms with Crippen molar-refractivity contribution >= 4 is 17.4 Å². The molecule has 9 heteroatoms. The Hall–Kier alpha value is -2.21. The van der Waals surface area contributed by atoms with Crippen molar-refractivity contribution in [3.63, 3.8) is 0 Å². The fourth-order valence-electron chi connectivity index (χ4n) is 2.03. The summed E-state index contributed by atoms with van der Waals surface area (Å²) in [6, 6.07) is 0. The Kier molecular flexibility index (Phi) is 4.92. The zero-order chi connectivity index (χ0) is 16.3. The normalized spacial score (nSPS) is 24.5. The first kappa shape index (κ1) is 16.2. The van der Waals surface area contributed by atoms with Crippen LogP contribution in [0.25, 0.3) is 0 Å². The van der Waals surface area contributed by atoms with E-state index in [1.165, 1.54) is 6.20 Å². The van der Waals surface area contributed by atoms with Crippen LogP contribution >= 0.6 is 11.6 Å². The molecular weight excluding hydrogens is 320 g/mol. The zero-order valence-corrected chi connectivity index (χ0v) is 11.7. The Labute approximate surface area is 128 Å². The lowest BCUT2D eigenvalue weighted by atomic mass is 10.1. The Balaban J connectivity index is 2.58. The van der Waals surface area contributed by atoms with E-state index in [0.717, 1.165) is 4.57 Å². The molecule has 116 valence electrons. The molecule has 1 aliphatic rings. The number of aliphatic hydroxyl groups is 1. The van der Waals surface area contributed by atoms with E-state index in [9.17, 15) is 13.6 Å². The number of hydrogen-bond acceptors (Lipinski definition) is 5. The molecule has 1 aromatic rings. The highest BCUT2D eigenvalue weighted by atomic mass is 35.5. The quantitative estimate of drug-likeness (QED) is 0.789. The van der Waals surface area contributed by atoms with E-state index in [-0.39, 0.29) is 35.2 Å². The van der Waals surface area contributed by atoms with Gasteiger partial charge in [0.25, 0.3) is 0 Å². The van der Waals surface area contributed by atoms with E-state index < -0.39 is 24.6 Å². The molecule has 2 unspecified atom stereocenters. The molecule has 0 spiro atoms. The second kappa shape index (κ2) is 6.70. The summed E-state index contributed by atoms with van der Waals surface area (Å²) in [5, 5.41) is 11.2. The molecule has 22 heavy (non-hydrogen) atoms. The van der Waals surface area contributed by atoms with Crippen molar-refractivity contribution in [3.05, 3.63) is 46.1 Å². The number of nitrogens with zero attached hydrogens (tertiary/aromatic N) is 2. The van der Waals surface area contributed by atoms with Crippen molar-refractivity contribution in [1.29, 1.82) is 0 Å². The minimum Gasteiger partial charge on any atom is -0.393 e. The first-order chi connectivity index (χ1) is 10.6. The van der Waals surface area contributed by atoms with Crippen LogP contribution in [0.4, 0.5) is 14.6 Å². The smallest absolute Gasteiger partial charge is 0.351 e. The predicted molar refractivity (Wildman–Crippen MR) is 75.0 cm³/mol. The van der Waals surface area contributed by atoms with Crippen molar-refractivity contribution in [1.82, 2.24) is 9.55 Å². The lowest BCUT2D eigenvalue weighted by Crippen LogP contribution is -2.29. The summed E-state index contributed by atoms with van der Waals surface area (Å²) in [4.78, 5) is 15.4. The second-order valence-electron chi connectivity index (χ2n) is 4.24. The van der Waals surface area contributed by atoms with Crippen molar-refractivity contribution < 1.29 is 18.6 Å². The maximum Gasteiger partial charge on any atom is 0.351 e. The molecule has 1 aliphatic heterocycles. The summed E-state index contributed by atoms with van der Waals surface area (Å²) in [6.07, 6.45) is -1.03. The van der Waals surface area contributed by atoms with Crippen LogP contribution in [0.3, 0.4) is 0 Å². The number of hydrogen-bond donors (Lipinski definition) is 2. The van der Waals surface area contributed by atoms with Crippen molar-refractivity contribution in [2.75, 3.05) is 12.3 Å². The van der Waals surface area contributed by atoms with Crippen molar-refractivity contribution in [2.24, 2.45) is 0 Å². The van der Waals surface area contributed by atoms with Gasteiger partial charge in [0, 0.05) is 22.7 Å². The van der Waals surface area contributed by atoms with Crippen LogP contribution in [0, 0.1) is 11.3 Å². The predicted octanol–water partition coefficient (Wildman–Crippen LogP) is 0.970. The lowest BCUT2D eigenvalue weighted by Gasteiger charge is -2.15. The van der Waals surface area contributed by atoms with Crippen molar-refractivity contribution in [2.45, 2.75) is 12.3 Å².